The molecule has 8 heteroatoms. The minimum atomic E-state index is -1.000. The summed E-state index contributed by atoms with van der Waals surface area (Å²) in [4.78, 5) is 42.1. The zero-order valence-corrected chi connectivity index (χ0v) is 22.3. The van der Waals surface area contributed by atoms with Crippen LogP contribution >= 0.6 is 0 Å². The van der Waals surface area contributed by atoms with Crippen molar-refractivity contribution in [2.45, 2.75) is 64.3 Å². The Balaban J connectivity index is 0.000000572. The van der Waals surface area contributed by atoms with E-state index in [1.54, 1.807) is 6.92 Å². The summed E-state index contributed by atoms with van der Waals surface area (Å²) in [6.07, 6.45) is 8.77. The number of nitrogens with zero attached hydrogens (tertiary/aromatic N) is 3. The third-order valence-electron chi connectivity index (χ3n) is 8.65. The number of hydrogen-bond acceptors (Lipinski definition) is 4. The molecule has 3 amide bonds. The molecule has 4 aliphatic rings. The van der Waals surface area contributed by atoms with Gasteiger partial charge in [0.15, 0.2) is 0 Å². The van der Waals surface area contributed by atoms with Gasteiger partial charge in [-0.1, -0.05) is 62.4 Å². The average molecular weight is 513 g/mol. The van der Waals surface area contributed by atoms with Crippen molar-refractivity contribution in [1.82, 2.24) is 20.0 Å². The number of rotatable bonds is 6. The van der Waals surface area contributed by atoms with Crippen molar-refractivity contribution in [3.63, 3.8) is 0 Å². The van der Waals surface area contributed by atoms with Crippen molar-refractivity contribution in [3.05, 3.63) is 35.9 Å². The van der Waals surface area contributed by atoms with Gasteiger partial charge in [0.05, 0.1) is 6.04 Å². The summed E-state index contributed by atoms with van der Waals surface area (Å²) in [7, 11) is 0. The number of carbonyl (C=O) groups is 3. The van der Waals surface area contributed by atoms with E-state index in [4.69, 9.17) is 0 Å². The molecule has 0 spiro atoms. The van der Waals surface area contributed by atoms with Crippen LogP contribution in [-0.4, -0.2) is 83.5 Å². The fourth-order valence-corrected chi connectivity index (χ4v) is 6.50. The van der Waals surface area contributed by atoms with Gasteiger partial charge in [0.1, 0.15) is 0 Å². The quantitative estimate of drug-likeness (QED) is 0.601. The summed E-state index contributed by atoms with van der Waals surface area (Å²) >= 11 is 0. The summed E-state index contributed by atoms with van der Waals surface area (Å²) in [5.41, 5.74) is 0.988. The van der Waals surface area contributed by atoms with Crippen LogP contribution in [0.15, 0.2) is 30.3 Å². The second kappa shape index (κ2) is 13.3. The Morgan fingerprint density at radius 3 is 1.97 bits per heavy atom. The minimum absolute atomic E-state index is 0.0502. The molecule has 0 aromatic heterocycles. The molecule has 1 aliphatic carbocycles. The van der Waals surface area contributed by atoms with Crippen molar-refractivity contribution in [2.24, 2.45) is 17.8 Å². The highest BCUT2D eigenvalue weighted by Gasteiger charge is 2.43. The number of fused-ring (bicyclic) bond motifs is 1. The largest absolute Gasteiger partial charge is 0.465 e. The van der Waals surface area contributed by atoms with E-state index < -0.39 is 6.09 Å². The molecule has 8 nitrogen and oxygen atoms in total. The molecule has 37 heavy (non-hydrogen) atoms. The van der Waals surface area contributed by atoms with Crippen molar-refractivity contribution < 1.29 is 19.5 Å². The molecule has 0 radical (unpaired) electrons. The summed E-state index contributed by atoms with van der Waals surface area (Å²) < 4.78 is 0. The predicted molar refractivity (Wildman–Crippen MR) is 143 cm³/mol. The number of benzene rings is 1. The lowest BCUT2D eigenvalue weighted by Gasteiger charge is -2.33. The fourth-order valence-electron chi connectivity index (χ4n) is 6.50. The Kier molecular flexibility index (Phi) is 9.83. The maximum Gasteiger partial charge on any atom is 0.405 e. The van der Waals surface area contributed by atoms with Crippen LogP contribution in [0.25, 0.3) is 0 Å². The Hall–Kier alpha value is -2.61. The average Bonchev–Trinajstić information content (AvgIpc) is 3.66. The van der Waals surface area contributed by atoms with Gasteiger partial charge in [-0.15, -0.1) is 0 Å². The first-order chi connectivity index (χ1) is 17.9. The Morgan fingerprint density at radius 1 is 0.892 bits per heavy atom. The van der Waals surface area contributed by atoms with E-state index >= 15 is 0 Å². The second-order valence-electron chi connectivity index (χ2n) is 11.3. The van der Waals surface area contributed by atoms with Gasteiger partial charge < -0.3 is 25.1 Å². The smallest absolute Gasteiger partial charge is 0.405 e. The molecule has 1 saturated carbocycles. The van der Waals surface area contributed by atoms with Crippen LogP contribution in [0, 0.1) is 17.8 Å². The highest BCUT2D eigenvalue weighted by Crippen LogP contribution is 2.33. The van der Waals surface area contributed by atoms with Crippen LogP contribution < -0.4 is 5.32 Å². The van der Waals surface area contributed by atoms with Crippen LogP contribution in [0.3, 0.4) is 0 Å². The van der Waals surface area contributed by atoms with Crippen molar-refractivity contribution >= 4 is 17.9 Å². The number of carbonyl (C=O) groups excluding carboxylic acids is 2. The van der Waals surface area contributed by atoms with Gasteiger partial charge in [0.2, 0.25) is 11.8 Å². The second-order valence-corrected chi connectivity index (χ2v) is 11.3. The van der Waals surface area contributed by atoms with Gasteiger partial charge >= 0.3 is 6.09 Å². The van der Waals surface area contributed by atoms with E-state index in [0.717, 1.165) is 57.5 Å². The number of carboxylic acid groups (broad SMARTS) is 1. The summed E-state index contributed by atoms with van der Waals surface area (Å²) in [5.74, 6) is 1.41. The Bertz CT molecular complexity index is 877. The molecule has 3 aliphatic heterocycles. The Morgan fingerprint density at radius 2 is 1.46 bits per heavy atom. The van der Waals surface area contributed by atoms with E-state index in [-0.39, 0.29) is 23.8 Å². The number of piperidine rings is 1. The maximum atomic E-state index is 13.0. The molecule has 3 saturated heterocycles. The summed E-state index contributed by atoms with van der Waals surface area (Å²) in [6, 6.07) is 9.51. The lowest BCUT2D eigenvalue weighted by molar-refractivity contribution is -0.139. The first-order valence-electron chi connectivity index (χ1n) is 14.2. The van der Waals surface area contributed by atoms with Gasteiger partial charge in [-0.05, 0) is 36.7 Å². The molecule has 204 valence electrons. The van der Waals surface area contributed by atoms with Gasteiger partial charge in [0, 0.05) is 58.7 Å². The van der Waals surface area contributed by atoms with E-state index in [9.17, 15) is 19.5 Å². The van der Waals surface area contributed by atoms with Crippen molar-refractivity contribution in [2.75, 3.05) is 45.8 Å². The zero-order valence-electron chi connectivity index (χ0n) is 22.3. The number of nitrogens with one attached hydrogen (secondary N) is 1. The maximum absolute atomic E-state index is 13.0. The number of amides is 3. The zero-order chi connectivity index (χ0) is 26.2. The normalized spacial score (nSPS) is 24.8. The molecule has 2 N–H and O–H groups in total. The molecule has 1 aromatic rings. The molecule has 5 rings (SSSR count). The molecular weight excluding hydrogens is 468 g/mol. The fraction of sp³-hybridized carbons (Fsp3) is 0.690. The number of likely N-dealkylation sites (tertiary alicyclic amines) is 3. The molecule has 0 bridgehead atoms. The van der Waals surface area contributed by atoms with Gasteiger partial charge in [-0.3, -0.25) is 9.59 Å². The number of hydrogen-bond donors (Lipinski definition) is 2. The van der Waals surface area contributed by atoms with Gasteiger partial charge in [0.25, 0.3) is 0 Å². The van der Waals surface area contributed by atoms with E-state index in [2.05, 4.69) is 15.1 Å². The standard InChI is InChI=1S/C24H34N4O4.C5H10/c1-17(29)27-11-7-19(8-12-27)23(30)28-15-20-13-26(14-21(20)16-28)10-9-22(25-24(31)32)18-5-3-2-4-6-18;1-2-4-5-3-1/h2-6,19-22,25H,7-16H2,1H3,(H,31,32);1-5H2/t20-,21?,22?;/m0./s1. The van der Waals surface area contributed by atoms with Crippen LogP contribution in [0.4, 0.5) is 4.79 Å². The predicted octanol–water partition coefficient (Wildman–Crippen LogP) is 3.98. The minimum Gasteiger partial charge on any atom is -0.465 e. The third-order valence-corrected chi connectivity index (χ3v) is 8.65. The third kappa shape index (κ3) is 7.69. The first kappa shape index (κ1) is 27.4. The van der Waals surface area contributed by atoms with Crippen molar-refractivity contribution in [1.29, 1.82) is 0 Å². The molecule has 1 aromatic carbocycles. The van der Waals surface area contributed by atoms with Crippen LogP contribution in [0.2, 0.25) is 0 Å². The van der Waals surface area contributed by atoms with Gasteiger partial charge in [-0.25, -0.2) is 4.79 Å². The molecule has 3 heterocycles. The highest BCUT2D eigenvalue weighted by molar-refractivity contribution is 5.80. The topological polar surface area (TPSA) is 93.2 Å². The molecular formula is C29H44N4O4. The Labute approximate surface area is 221 Å². The molecule has 3 atom stereocenters. The summed E-state index contributed by atoms with van der Waals surface area (Å²) in [5, 5.41) is 11.9. The monoisotopic (exact) mass is 512 g/mol. The summed E-state index contributed by atoms with van der Waals surface area (Å²) in [6.45, 7) is 7.38. The van der Waals surface area contributed by atoms with Crippen molar-refractivity contribution in [3.8, 4) is 0 Å². The van der Waals surface area contributed by atoms with E-state index in [0.29, 0.717) is 24.9 Å². The molecule has 2 unspecified atom stereocenters. The van der Waals surface area contributed by atoms with Crippen LogP contribution in [0.1, 0.15) is 69.9 Å². The van der Waals surface area contributed by atoms with Gasteiger partial charge in [-0.2, -0.15) is 0 Å². The first-order valence-corrected chi connectivity index (χ1v) is 14.2. The van der Waals surface area contributed by atoms with E-state index in [1.165, 1.54) is 32.1 Å². The van der Waals surface area contributed by atoms with E-state index in [1.807, 2.05) is 35.2 Å². The van der Waals surface area contributed by atoms with Crippen LogP contribution in [0.5, 0.6) is 0 Å². The van der Waals surface area contributed by atoms with Crippen LogP contribution in [-0.2, 0) is 9.59 Å². The lowest BCUT2D eigenvalue weighted by Crippen LogP contribution is -2.44. The lowest BCUT2D eigenvalue weighted by atomic mass is 9.95. The SMILES string of the molecule is C1CCCC1.CC(=O)N1CCC(C(=O)N2CC3CN(CCC(NC(=O)O)c4ccccc4)C[C@H]3C2)CC1. The molecule has 4 fully saturated rings. The highest BCUT2D eigenvalue weighted by atomic mass is 16.4.